The molecule has 1 nitrogen and oxygen atoms in total. The maximum atomic E-state index is 12.7. The third-order valence-electron chi connectivity index (χ3n) is 3.33. The smallest absolute Gasteiger partial charge is 0.255 e. The quantitative estimate of drug-likeness (QED) is 0.664. The molecule has 116 valence electrons. The average Bonchev–Trinajstić information content (AvgIpc) is 2.57. The largest absolute Gasteiger partial charge is 0.417 e. The summed E-state index contributed by atoms with van der Waals surface area (Å²) in [6, 6.07) is 22.1. The summed E-state index contributed by atoms with van der Waals surface area (Å²) in [4.78, 5) is 4.11. The highest BCUT2D eigenvalue weighted by atomic mass is 31.1. The zero-order chi connectivity index (χ0) is 16.3. The van der Waals surface area contributed by atoms with Crippen LogP contribution in [-0.4, -0.2) is 4.98 Å². The number of hydrogen-bond donors (Lipinski definition) is 0. The lowest BCUT2D eigenvalue weighted by Crippen LogP contribution is -2.23. The monoisotopic (exact) mass is 331 g/mol. The van der Waals surface area contributed by atoms with Crippen molar-refractivity contribution in [3.05, 3.63) is 84.6 Å². The van der Waals surface area contributed by atoms with Gasteiger partial charge in [-0.1, -0.05) is 60.7 Å². The second kappa shape index (κ2) is 6.51. The number of nitrogens with zero attached hydrogens (tertiary/aromatic N) is 1. The van der Waals surface area contributed by atoms with Gasteiger partial charge in [-0.3, -0.25) is 4.98 Å². The van der Waals surface area contributed by atoms with Gasteiger partial charge in [0, 0.05) is 14.1 Å². The second-order valence-electron chi connectivity index (χ2n) is 4.91. The molecular formula is C18H13F3NP. The number of halogens is 3. The fourth-order valence-corrected chi connectivity index (χ4v) is 4.42. The first-order valence-corrected chi connectivity index (χ1v) is 8.33. The molecule has 0 unspecified atom stereocenters. The topological polar surface area (TPSA) is 12.9 Å². The third kappa shape index (κ3) is 3.59. The lowest BCUT2D eigenvalue weighted by Gasteiger charge is -2.18. The van der Waals surface area contributed by atoms with Crippen molar-refractivity contribution in [2.75, 3.05) is 0 Å². The van der Waals surface area contributed by atoms with Crippen molar-refractivity contribution in [2.45, 2.75) is 6.18 Å². The minimum Gasteiger partial charge on any atom is -0.255 e. The van der Waals surface area contributed by atoms with Crippen LogP contribution in [0, 0.1) is 0 Å². The van der Waals surface area contributed by atoms with E-state index in [1.165, 1.54) is 6.07 Å². The van der Waals surface area contributed by atoms with E-state index in [1.54, 1.807) is 0 Å². The van der Waals surface area contributed by atoms with Crippen molar-refractivity contribution in [3.63, 3.8) is 0 Å². The molecule has 3 rings (SSSR count). The lowest BCUT2D eigenvalue weighted by atomic mass is 10.3. The number of hydrogen-bond acceptors (Lipinski definition) is 1. The maximum Gasteiger partial charge on any atom is 0.417 e. The van der Waals surface area contributed by atoms with Gasteiger partial charge in [0.25, 0.3) is 0 Å². The van der Waals surface area contributed by atoms with Crippen LogP contribution in [0.4, 0.5) is 13.2 Å². The SMILES string of the molecule is FC(F)(F)c1ccc(P(c2ccccc2)c2ccccc2)nc1. The second-order valence-corrected chi connectivity index (χ2v) is 7.07. The summed E-state index contributed by atoms with van der Waals surface area (Å²) in [7, 11) is -0.973. The first kappa shape index (κ1) is 15.7. The first-order valence-electron chi connectivity index (χ1n) is 6.99. The predicted molar refractivity (Wildman–Crippen MR) is 87.9 cm³/mol. The first-order chi connectivity index (χ1) is 11.1. The van der Waals surface area contributed by atoms with Gasteiger partial charge in [-0.15, -0.1) is 0 Å². The highest BCUT2D eigenvalue weighted by Crippen LogP contribution is 2.33. The molecule has 0 saturated carbocycles. The molecule has 0 aliphatic carbocycles. The van der Waals surface area contributed by atoms with E-state index in [1.807, 2.05) is 60.7 Å². The van der Waals surface area contributed by atoms with E-state index in [0.717, 1.165) is 22.9 Å². The molecule has 0 atom stereocenters. The molecule has 0 aliphatic heterocycles. The number of pyridine rings is 1. The summed E-state index contributed by atoms with van der Waals surface area (Å²) in [6.45, 7) is 0. The van der Waals surface area contributed by atoms with Crippen LogP contribution >= 0.6 is 7.92 Å². The van der Waals surface area contributed by atoms with Crippen LogP contribution in [0.5, 0.6) is 0 Å². The van der Waals surface area contributed by atoms with E-state index in [-0.39, 0.29) is 0 Å². The summed E-state index contributed by atoms with van der Waals surface area (Å²) in [5.41, 5.74) is -0.0669. The molecule has 3 aromatic rings. The van der Waals surface area contributed by atoms with Crippen LogP contribution in [0.1, 0.15) is 5.56 Å². The Kier molecular flexibility index (Phi) is 4.44. The van der Waals surface area contributed by atoms with Gasteiger partial charge in [-0.25, -0.2) is 0 Å². The van der Waals surface area contributed by atoms with E-state index >= 15 is 0 Å². The molecule has 0 spiro atoms. The predicted octanol–water partition coefficient (Wildman–Crippen LogP) is 3.86. The van der Waals surface area contributed by atoms with Crippen LogP contribution in [0.2, 0.25) is 0 Å². The lowest BCUT2D eigenvalue weighted by molar-refractivity contribution is -0.137. The molecule has 0 fully saturated rings. The summed E-state index contributed by atoms with van der Waals surface area (Å²) < 4.78 is 38.2. The van der Waals surface area contributed by atoms with Gasteiger partial charge in [0.05, 0.1) is 11.0 Å². The summed E-state index contributed by atoms with van der Waals surface area (Å²) in [6.07, 6.45) is -3.45. The van der Waals surface area contributed by atoms with Gasteiger partial charge in [0.15, 0.2) is 0 Å². The molecule has 1 aromatic heterocycles. The van der Waals surface area contributed by atoms with Gasteiger partial charge < -0.3 is 0 Å². The highest BCUT2D eigenvalue weighted by Gasteiger charge is 2.31. The zero-order valence-electron chi connectivity index (χ0n) is 12.0. The Morgan fingerprint density at radius 2 is 1.22 bits per heavy atom. The van der Waals surface area contributed by atoms with E-state index in [0.29, 0.717) is 5.44 Å². The van der Waals surface area contributed by atoms with Gasteiger partial charge in [0.2, 0.25) is 0 Å². The fraction of sp³-hybridized carbons (Fsp3) is 0.0556. The number of alkyl halides is 3. The molecule has 5 heteroatoms. The third-order valence-corrected chi connectivity index (χ3v) is 5.68. The Morgan fingerprint density at radius 3 is 1.61 bits per heavy atom. The van der Waals surface area contributed by atoms with E-state index in [9.17, 15) is 13.2 Å². The Balaban J connectivity index is 2.06. The molecular weight excluding hydrogens is 318 g/mol. The molecule has 23 heavy (non-hydrogen) atoms. The maximum absolute atomic E-state index is 12.7. The van der Waals surface area contributed by atoms with Crippen LogP contribution in [0.25, 0.3) is 0 Å². The summed E-state index contributed by atoms with van der Waals surface area (Å²) in [5.74, 6) is 0. The fourth-order valence-electron chi connectivity index (χ4n) is 2.25. The van der Waals surface area contributed by atoms with Crippen molar-refractivity contribution < 1.29 is 13.2 Å². The Labute approximate surface area is 133 Å². The van der Waals surface area contributed by atoms with Crippen molar-refractivity contribution in [3.8, 4) is 0 Å². The molecule has 0 aliphatic rings. The number of benzene rings is 2. The minimum absolute atomic E-state index is 0.658. The van der Waals surface area contributed by atoms with E-state index in [2.05, 4.69) is 4.98 Å². The van der Waals surface area contributed by atoms with E-state index in [4.69, 9.17) is 0 Å². The molecule has 0 amide bonds. The summed E-state index contributed by atoms with van der Waals surface area (Å²) in [5, 5.41) is 2.11. The van der Waals surface area contributed by atoms with Gasteiger partial charge in [0.1, 0.15) is 0 Å². The van der Waals surface area contributed by atoms with Crippen molar-refractivity contribution in [1.82, 2.24) is 4.98 Å². The molecule has 0 N–H and O–H groups in total. The van der Waals surface area contributed by atoms with Crippen molar-refractivity contribution >= 4 is 24.0 Å². The van der Waals surface area contributed by atoms with Crippen LogP contribution in [-0.2, 0) is 6.18 Å². The van der Waals surface area contributed by atoms with Gasteiger partial charge in [-0.2, -0.15) is 13.2 Å². The molecule has 1 heterocycles. The van der Waals surface area contributed by atoms with Crippen LogP contribution in [0.3, 0.4) is 0 Å². The van der Waals surface area contributed by atoms with Crippen LogP contribution in [0.15, 0.2) is 79.0 Å². The average molecular weight is 331 g/mol. The summed E-state index contributed by atoms with van der Waals surface area (Å²) >= 11 is 0. The minimum atomic E-state index is -4.37. The molecule has 0 radical (unpaired) electrons. The van der Waals surface area contributed by atoms with Crippen molar-refractivity contribution in [2.24, 2.45) is 0 Å². The number of rotatable bonds is 3. The Hall–Kier alpha value is -2.19. The van der Waals surface area contributed by atoms with Gasteiger partial charge in [-0.05, 0) is 22.7 Å². The number of aromatic nitrogens is 1. The Bertz CT molecular complexity index is 716. The van der Waals surface area contributed by atoms with Crippen molar-refractivity contribution in [1.29, 1.82) is 0 Å². The van der Waals surface area contributed by atoms with E-state index < -0.39 is 19.7 Å². The molecule has 0 saturated heterocycles. The van der Waals surface area contributed by atoms with Gasteiger partial charge >= 0.3 is 6.18 Å². The zero-order valence-corrected chi connectivity index (χ0v) is 12.9. The normalized spacial score (nSPS) is 11.7. The highest BCUT2D eigenvalue weighted by molar-refractivity contribution is 7.79. The standard InChI is InChI=1S/C18H13F3NP/c19-18(20,21)14-11-12-17(22-13-14)23(15-7-3-1-4-8-15)16-9-5-2-6-10-16/h1-13H. The molecule has 0 bridgehead atoms. The van der Waals surface area contributed by atoms with Crippen LogP contribution < -0.4 is 16.0 Å². The molecule has 2 aromatic carbocycles. The Morgan fingerprint density at radius 1 is 0.696 bits per heavy atom.